The van der Waals surface area contributed by atoms with Crippen LogP contribution < -0.4 is 5.32 Å². The lowest BCUT2D eigenvalue weighted by atomic mass is 9.80. The van der Waals surface area contributed by atoms with Gasteiger partial charge in [-0.25, -0.2) is 0 Å². The molecule has 16 heavy (non-hydrogen) atoms. The molecule has 0 aromatic heterocycles. The van der Waals surface area contributed by atoms with E-state index in [4.69, 9.17) is 0 Å². The number of nitrogens with one attached hydrogen (secondary N) is 1. The molecule has 1 saturated carbocycles. The molecule has 2 rings (SSSR count). The molecule has 4 heteroatoms. The molecule has 2 amide bonds. The molecule has 1 aliphatic heterocycles. The molecule has 2 aliphatic rings. The van der Waals surface area contributed by atoms with Crippen molar-refractivity contribution in [3.8, 4) is 0 Å². The molecule has 4 nitrogen and oxygen atoms in total. The summed E-state index contributed by atoms with van der Waals surface area (Å²) in [7, 11) is 0. The quantitative estimate of drug-likeness (QED) is 0.753. The number of piperazine rings is 1. The Balaban J connectivity index is 1.91. The SMILES string of the molecule is CC1CCCCC1CN1CC(=O)NCC1=O. The second-order valence-electron chi connectivity index (χ2n) is 5.07. The van der Waals surface area contributed by atoms with Gasteiger partial charge in [0.05, 0.1) is 13.1 Å². The van der Waals surface area contributed by atoms with E-state index in [1.54, 1.807) is 4.90 Å². The van der Waals surface area contributed by atoms with E-state index in [2.05, 4.69) is 12.2 Å². The van der Waals surface area contributed by atoms with E-state index in [1.807, 2.05) is 0 Å². The minimum absolute atomic E-state index is 0.0249. The van der Waals surface area contributed by atoms with Crippen molar-refractivity contribution in [1.29, 1.82) is 0 Å². The Bertz CT molecular complexity index is 291. The zero-order valence-corrected chi connectivity index (χ0v) is 9.87. The molecular formula is C12H20N2O2. The van der Waals surface area contributed by atoms with Gasteiger partial charge in [0.15, 0.2) is 0 Å². The van der Waals surface area contributed by atoms with E-state index in [0.29, 0.717) is 11.8 Å². The smallest absolute Gasteiger partial charge is 0.242 e. The van der Waals surface area contributed by atoms with Crippen molar-refractivity contribution in [2.24, 2.45) is 11.8 Å². The monoisotopic (exact) mass is 224 g/mol. The molecule has 0 aromatic rings. The largest absolute Gasteiger partial charge is 0.345 e. The van der Waals surface area contributed by atoms with Gasteiger partial charge in [-0.1, -0.05) is 26.2 Å². The second kappa shape index (κ2) is 4.85. The van der Waals surface area contributed by atoms with Crippen LogP contribution in [-0.2, 0) is 9.59 Å². The van der Waals surface area contributed by atoms with Gasteiger partial charge in [0, 0.05) is 6.54 Å². The molecule has 90 valence electrons. The van der Waals surface area contributed by atoms with Crippen LogP contribution in [0.2, 0.25) is 0 Å². The molecule has 0 aromatic carbocycles. The van der Waals surface area contributed by atoms with Crippen molar-refractivity contribution < 1.29 is 9.59 Å². The van der Waals surface area contributed by atoms with Gasteiger partial charge in [-0.05, 0) is 18.3 Å². The zero-order chi connectivity index (χ0) is 11.5. The maximum Gasteiger partial charge on any atom is 0.242 e. The van der Waals surface area contributed by atoms with Gasteiger partial charge in [0.1, 0.15) is 0 Å². The normalized spacial score (nSPS) is 31.4. The Kier molecular flexibility index (Phi) is 3.46. The fourth-order valence-electron chi connectivity index (χ4n) is 2.72. The van der Waals surface area contributed by atoms with Crippen molar-refractivity contribution in [2.45, 2.75) is 32.6 Å². The Hall–Kier alpha value is -1.06. The van der Waals surface area contributed by atoms with E-state index in [9.17, 15) is 9.59 Å². The van der Waals surface area contributed by atoms with E-state index < -0.39 is 0 Å². The van der Waals surface area contributed by atoms with Crippen LogP contribution in [0.15, 0.2) is 0 Å². The van der Waals surface area contributed by atoms with Gasteiger partial charge in [0.2, 0.25) is 11.8 Å². The fraction of sp³-hybridized carbons (Fsp3) is 0.833. The predicted molar refractivity (Wildman–Crippen MR) is 60.7 cm³/mol. The highest BCUT2D eigenvalue weighted by Crippen LogP contribution is 2.30. The van der Waals surface area contributed by atoms with Gasteiger partial charge in [-0.3, -0.25) is 9.59 Å². The average Bonchev–Trinajstić information content (AvgIpc) is 2.27. The predicted octanol–water partition coefficient (Wildman–Crippen LogP) is 0.771. The second-order valence-corrected chi connectivity index (χ2v) is 5.07. The van der Waals surface area contributed by atoms with E-state index >= 15 is 0 Å². The molecule has 2 atom stereocenters. The van der Waals surface area contributed by atoms with Gasteiger partial charge < -0.3 is 10.2 Å². The average molecular weight is 224 g/mol. The molecule has 1 saturated heterocycles. The summed E-state index contributed by atoms with van der Waals surface area (Å²) in [5, 5.41) is 2.58. The number of carbonyl (C=O) groups excluding carboxylic acids is 2. The standard InChI is InChI=1S/C12H20N2O2/c1-9-4-2-3-5-10(9)7-14-8-11(15)13-6-12(14)16/h9-10H,2-8H2,1H3,(H,13,15). The zero-order valence-electron chi connectivity index (χ0n) is 9.87. The lowest BCUT2D eigenvalue weighted by Crippen LogP contribution is -2.53. The number of amides is 2. The number of carbonyl (C=O) groups is 2. The van der Waals surface area contributed by atoms with Crippen LogP contribution in [0.1, 0.15) is 32.6 Å². The van der Waals surface area contributed by atoms with Crippen molar-refractivity contribution in [1.82, 2.24) is 10.2 Å². The molecule has 0 spiro atoms. The third kappa shape index (κ3) is 2.54. The first-order valence-corrected chi connectivity index (χ1v) is 6.21. The third-order valence-electron chi connectivity index (χ3n) is 3.87. The molecule has 1 N–H and O–H groups in total. The summed E-state index contributed by atoms with van der Waals surface area (Å²) in [5.41, 5.74) is 0. The number of hydrogen-bond donors (Lipinski definition) is 1. The van der Waals surface area contributed by atoms with Gasteiger partial charge in [-0.2, -0.15) is 0 Å². The Labute approximate surface area is 96.4 Å². The molecule has 1 heterocycles. The van der Waals surface area contributed by atoms with Gasteiger partial charge in [0.25, 0.3) is 0 Å². The van der Waals surface area contributed by atoms with Crippen LogP contribution in [0.5, 0.6) is 0 Å². The first-order chi connectivity index (χ1) is 7.66. The highest BCUT2D eigenvalue weighted by Gasteiger charge is 2.28. The van der Waals surface area contributed by atoms with Crippen LogP contribution in [-0.4, -0.2) is 36.3 Å². The van der Waals surface area contributed by atoms with E-state index in [1.165, 1.54) is 25.7 Å². The van der Waals surface area contributed by atoms with E-state index in [0.717, 1.165) is 6.54 Å². The fourth-order valence-corrected chi connectivity index (χ4v) is 2.72. The molecule has 0 bridgehead atoms. The van der Waals surface area contributed by atoms with Crippen LogP contribution >= 0.6 is 0 Å². The highest BCUT2D eigenvalue weighted by molar-refractivity contribution is 5.92. The van der Waals surface area contributed by atoms with Crippen LogP contribution in [0.4, 0.5) is 0 Å². The minimum atomic E-state index is -0.0249. The third-order valence-corrected chi connectivity index (χ3v) is 3.87. The summed E-state index contributed by atoms with van der Waals surface area (Å²) >= 11 is 0. The van der Waals surface area contributed by atoms with Crippen molar-refractivity contribution in [2.75, 3.05) is 19.6 Å². The molecule has 2 unspecified atom stereocenters. The Morgan fingerprint density at radius 3 is 2.81 bits per heavy atom. The molecule has 0 radical (unpaired) electrons. The van der Waals surface area contributed by atoms with Crippen molar-refractivity contribution in [3.63, 3.8) is 0 Å². The van der Waals surface area contributed by atoms with Crippen LogP contribution in [0, 0.1) is 11.8 Å². The number of hydrogen-bond acceptors (Lipinski definition) is 2. The van der Waals surface area contributed by atoms with Crippen molar-refractivity contribution >= 4 is 11.8 Å². The molecule has 2 fully saturated rings. The number of rotatable bonds is 2. The summed E-state index contributed by atoms with van der Waals surface area (Å²) in [6.45, 7) is 3.47. The van der Waals surface area contributed by atoms with Gasteiger partial charge >= 0.3 is 0 Å². The first kappa shape index (κ1) is 11.4. The lowest BCUT2D eigenvalue weighted by Gasteiger charge is -2.35. The first-order valence-electron chi connectivity index (χ1n) is 6.21. The Morgan fingerprint density at radius 1 is 1.31 bits per heavy atom. The Morgan fingerprint density at radius 2 is 2.06 bits per heavy atom. The summed E-state index contributed by atoms with van der Waals surface area (Å²) < 4.78 is 0. The van der Waals surface area contributed by atoms with Crippen molar-refractivity contribution in [3.05, 3.63) is 0 Å². The summed E-state index contributed by atoms with van der Waals surface area (Å²) in [6, 6.07) is 0. The number of nitrogens with zero attached hydrogens (tertiary/aromatic N) is 1. The summed E-state index contributed by atoms with van der Waals surface area (Å²) in [4.78, 5) is 24.6. The van der Waals surface area contributed by atoms with Crippen LogP contribution in [0.25, 0.3) is 0 Å². The summed E-state index contributed by atoms with van der Waals surface area (Å²) in [6.07, 6.45) is 5.04. The maximum atomic E-state index is 11.6. The molecule has 1 aliphatic carbocycles. The topological polar surface area (TPSA) is 49.4 Å². The molecular weight excluding hydrogens is 204 g/mol. The maximum absolute atomic E-state index is 11.6. The highest BCUT2D eigenvalue weighted by atomic mass is 16.2. The summed E-state index contributed by atoms with van der Waals surface area (Å²) in [5.74, 6) is 1.32. The minimum Gasteiger partial charge on any atom is -0.345 e. The van der Waals surface area contributed by atoms with E-state index in [-0.39, 0.29) is 24.9 Å². The van der Waals surface area contributed by atoms with Gasteiger partial charge in [-0.15, -0.1) is 0 Å². The lowest BCUT2D eigenvalue weighted by molar-refractivity contribution is -0.141. The van der Waals surface area contributed by atoms with Crippen LogP contribution in [0.3, 0.4) is 0 Å².